The van der Waals surface area contributed by atoms with E-state index in [2.05, 4.69) is 4.72 Å². The molecule has 1 rings (SSSR count). The van der Waals surface area contributed by atoms with Crippen molar-refractivity contribution >= 4 is 21.6 Å². The van der Waals surface area contributed by atoms with Gasteiger partial charge in [0, 0.05) is 5.02 Å². The first-order valence-electron chi connectivity index (χ1n) is 4.63. The average Bonchev–Trinajstić information content (AvgIpc) is 2.26. The van der Waals surface area contributed by atoms with E-state index in [0.29, 0.717) is 10.6 Å². The Labute approximate surface area is 99.9 Å². The van der Waals surface area contributed by atoms with E-state index in [0.717, 1.165) is 0 Å². The van der Waals surface area contributed by atoms with Crippen LogP contribution in [0.5, 0.6) is 0 Å². The highest BCUT2D eigenvalue weighted by Gasteiger charge is 2.17. The molecule has 86 valence electrons. The molecule has 0 aromatic heterocycles. The highest BCUT2D eigenvalue weighted by molar-refractivity contribution is 7.89. The quantitative estimate of drug-likeness (QED) is 0.896. The minimum absolute atomic E-state index is 0.0637. The van der Waals surface area contributed by atoms with Crippen LogP contribution in [0.3, 0.4) is 0 Å². The third-order valence-electron chi connectivity index (χ3n) is 1.99. The van der Waals surface area contributed by atoms with Gasteiger partial charge in [-0.2, -0.15) is 9.98 Å². The van der Waals surface area contributed by atoms with Crippen molar-refractivity contribution in [1.82, 2.24) is 4.72 Å². The van der Waals surface area contributed by atoms with Crippen molar-refractivity contribution < 1.29 is 8.42 Å². The molecule has 0 fully saturated rings. The molecule has 0 spiro atoms. The number of rotatable bonds is 4. The molecule has 6 heteroatoms. The molecule has 0 aliphatic carbocycles. The van der Waals surface area contributed by atoms with Crippen molar-refractivity contribution in [2.24, 2.45) is 0 Å². The van der Waals surface area contributed by atoms with Gasteiger partial charge in [0.15, 0.2) is 0 Å². The second kappa shape index (κ2) is 5.30. The smallest absolute Gasteiger partial charge is 0.212 e. The van der Waals surface area contributed by atoms with Gasteiger partial charge in [0.1, 0.15) is 6.04 Å². The van der Waals surface area contributed by atoms with E-state index in [-0.39, 0.29) is 5.75 Å². The second-order valence-electron chi connectivity index (χ2n) is 3.14. The summed E-state index contributed by atoms with van der Waals surface area (Å²) in [7, 11) is -3.41. The number of benzene rings is 1. The Hall–Kier alpha value is -1.09. The standard InChI is InChI=1S/C10H11ClN2O2S/c1-2-16(14,15)13-10(7-12)8-4-3-5-9(11)6-8/h3-6,10,13H,2H2,1H3. The fourth-order valence-electron chi connectivity index (χ4n) is 1.12. The fourth-order valence-corrected chi connectivity index (χ4v) is 2.03. The van der Waals surface area contributed by atoms with Crippen LogP contribution in [0.25, 0.3) is 0 Å². The topological polar surface area (TPSA) is 70.0 Å². The molecule has 0 saturated heterocycles. The van der Waals surface area contributed by atoms with Crippen LogP contribution in [-0.4, -0.2) is 14.2 Å². The van der Waals surface area contributed by atoms with Crippen LogP contribution in [0, 0.1) is 11.3 Å². The zero-order chi connectivity index (χ0) is 12.2. The molecular weight excluding hydrogens is 248 g/mol. The highest BCUT2D eigenvalue weighted by atomic mass is 35.5. The molecule has 16 heavy (non-hydrogen) atoms. The van der Waals surface area contributed by atoms with Crippen LogP contribution in [0.2, 0.25) is 5.02 Å². The van der Waals surface area contributed by atoms with E-state index in [4.69, 9.17) is 16.9 Å². The molecule has 0 amide bonds. The van der Waals surface area contributed by atoms with Crippen molar-refractivity contribution in [3.63, 3.8) is 0 Å². The molecule has 0 bridgehead atoms. The van der Waals surface area contributed by atoms with Crippen LogP contribution in [0.1, 0.15) is 18.5 Å². The molecule has 0 heterocycles. The number of nitrogens with zero attached hydrogens (tertiary/aromatic N) is 1. The van der Waals surface area contributed by atoms with E-state index >= 15 is 0 Å². The van der Waals surface area contributed by atoms with Crippen molar-refractivity contribution in [2.45, 2.75) is 13.0 Å². The summed E-state index contributed by atoms with van der Waals surface area (Å²) in [6.45, 7) is 1.51. The zero-order valence-electron chi connectivity index (χ0n) is 8.64. The average molecular weight is 259 g/mol. The van der Waals surface area contributed by atoms with Crippen molar-refractivity contribution in [3.8, 4) is 6.07 Å². The van der Waals surface area contributed by atoms with Crippen LogP contribution in [0.4, 0.5) is 0 Å². The summed E-state index contributed by atoms with van der Waals surface area (Å²) < 4.78 is 25.0. The molecule has 0 aliphatic rings. The molecular formula is C10H11ClN2O2S. The van der Waals surface area contributed by atoms with E-state index < -0.39 is 16.1 Å². The van der Waals surface area contributed by atoms with Crippen molar-refractivity contribution in [2.75, 3.05) is 5.75 Å². The monoisotopic (exact) mass is 258 g/mol. The van der Waals surface area contributed by atoms with Gasteiger partial charge >= 0.3 is 0 Å². The van der Waals surface area contributed by atoms with Crippen LogP contribution in [-0.2, 0) is 10.0 Å². The van der Waals surface area contributed by atoms with Gasteiger partial charge in [0.05, 0.1) is 11.8 Å². The van der Waals surface area contributed by atoms with E-state index in [1.165, 1.54) is 6.92 Å². The first-order chi connectivity index (χ1) is 7.48. The van der Waals surface area contributed by atoms with Crippen molar-refractivity contribution in [1.29, 1.82) is 5.26 Å². The van der Waals surface area contributed by atoms with Crippen LogP contribution >= 0.6 is 11.6 Å². The summed E-state index contributed by atoms with van der Waals surface area (Å²) in [4.78, 5) is 0. The number of hydrogen-bond acceptors (Lipinski definition) is 3. The Kier molecular flexibility index (Phi) is 4.30. The molecule has 1 aromatic carbocycles. The lowest BCUT2D eigenvalue weighted by molar-refractivity contribution is 0.577. The fraction of sp³-hybridized carbons (Fsp3) is 0.300. The summed E-state index contributed by atoms with van der Waals surface area (Å²) in [5, 5.41) is 9.38. The lowest BCUT2D eigenvalue weighted by Crippen LogP contribution is -2.29. The maximum absolute atomic E-state index is 11.3. The molecule has 1 atom stereocenters. The Bertz CT molecular complexity index is 508. The first kappa shape index (κ1) is 13.0. The van der Waals surface area contributed by atoms with E-state index in [1.54, 1.807) is 24.3 Å². The molecule has 0 aliphatic heterocycles. The van der Waals surface area contributed by atoms with Crippen LogP contribution in [0.15, 0.2) is 24.3 Å². The number of halogens is 1. The predicted octanol–water partition coefficient (Wildman–Crippen LogP) is 1.84. The van der Waals surface area contributed by atoms with Gasteiger partial charge in [0.25, 0.3) is 0 Å². The number of hydrogen-bond donors (Lipinski definition) is 1. The lowest BCUT2D eigenvalue weighted by atomic mass is 10.1. The summed E-state index contributed by atoms with van der Waals surface area (Å²) in [5.41, 5.74) is 0.534. The Morgan fingerprint density at radius 2 is 2.25 bits per heavy atom. The number of sulfonamides is 1. The maximum atomic E-state index is 11.3. The van der Waals surface area contributed by atoms with Crippen LogP contribution < -0.4 is 4.72 Å². The second-order valence-corrected chi connectivity index (χ2v) is 5.62. The lowest BCUT2D eigenvalue weighted by Gasteiger charge is -2.11. The summed E-state index contributed by atoms with van der Waals surface area (Å²) >= 11 is 5.76. The zero-order valence-corrected chi connectivity index (χ0v) is 10.2. The predicted molar refractivity (Wildman–Crippen MR) is 62.4 cm³/mol. The SMILES string of the molecule is CCS(=O)(=O)NC(C#N)c1cccc(Cl)c1. The Balaban J connectivity index is 2.97. The van der Waals surface area contributed by atoms with Gasteiger partial charge in [-0.3, -0.25) is 0 Å². The summed E-state index contributed by atoms with van der Waals surface area (Å²) in [6, 6.07) is 7.53. The van der Waals surface area contributed by atoms with E-state index in [1.807, 2.05) is 6.07 Å². The molecule has 0 radical (unpaired) electrons. The molecule has 4 nitrogen and oxygen atoms in total. The Morgan fingerprint density at radius 3 is 2.75 bits per heavy atom. The summed E-state index contributed by atoms with van der Waals surface area (Å²) in [6.07, 6.45) is 0. The summed E-state index contributed by atoms with van der Waals surface area (Å²) in [5.74, 6) is -0.0637. The highest BCUT2D eigenvalue weighted by Crippen LogP contribution is 2.17. The third kappa shape index (κ3) is 3.49. The van der Waals surface area contributed by atoms with Gasteiger partial charge in [-0.1, -0.05) is 23.7 Å². The molecule has 1 unspecified atom stereocenters. The van der Waals surface area contributed by atoms with Gasteiger partial charge in [-0.25, -0.2) is 8.42 Å². The van der Waals surface area contributed by atoms with E-state index in [9.17, 15) is 8.42 Å². The molecule has 1 aromatic rings. The molecule has 1 N–H and O–H groups in total. The number of nitriles is 1. The molecule has 0 saturated carbocycles. The minimum atomic E-state index is -3.41. The number of nitrogens with one attached hydrogen (secondary N) is 1. The first-order valence-corrected chi connectivity index (χ1v) is 6.66. The minimum Gasteiger partial charge on any atom is -0.212 e. The maximum Gasteiger partial charge on any atom is 0.212 e. The van der Waals surface area contributed by atoms with Gasteiger partial charge < -0.3 is 0 Å². The van der Waals surface area contributed by atoms with Crippen molar-refractivity contribution in [3.05, 3.63) is 34.9 Å². The van der Waals surface area contributed by atoms with Gasteiger partial charge in [-0.05, 0) is 24.6 Å². The van der Waals surface area contributed by atoms with Gasteiger partial charge in [-0.15, -0.1) is 0 Å². The normalized spacial score (nSPS) is 13.1. The Morgan fingerprint density at radius 1 is 1.56 bits per heavy atom. The van der Waals surface area contributed by atoms with Gasteiger partial charge in [0.2, 0.25) is 10.0 Å². The third-order valence-corrected chi connectivity index (χ3v) is 3.58. The largest absolute Gasteiger partial charge is 0.212 e.